The molecule has 2 N–H and O–H groups in total. The second kappa shape index (κ2) is 2170. The second-order valence-electron chi connectivity index (χ2n) is 0. The zero-order valence-electron chi connectivity index (χ0n) is 3.39. The molecule has 0 unspecified atom stereocenters. The van der Waals surface area contributed by atoms with Gasteiger partial charge in [0.05, 0.1) is 0 Å². The second-order valence-corrected chi connectivity index (χ2v) is 0. The third-order valence-corrected chi connectivity index (χ3v) is 0. The number of hydrogen-bond donors (Lipinski definition) is 2. The van der Waals surface area contributed by atoms with Crippen molar-refractivity contribution in [2.24, 2.45) is 0 Å². The van der Waals surface area contributed by atoms with Crippen LogP contribution in [0.3, 0.4) is 0 Å². The van der Waals surface area contributed by atoms with E-state index in [0.717, 1.165) is 14.2 Å². The van der Waals surface area contributed by atoms with Crippen molar-refractivity contribution in [1.82, 2.24) is 0 Å². The molecule has 0 heterocycles. The van der Waals surface area contributed by atoms with E-state index in [2.05, 4.69) is 0 Å². The van der Waals surface area contributed by atoms with E-state index in [1.807, 2.05) is 0 Å². The Balaban J connectivity index is -0.0000000133. The number of rotatable bonds is 0. The third kappa shape index (κ3) is 1010. The van der Waals surface area contributed by atoms with Gasteiger partial charge in [-0.1, -0.05) is 0 Å². The quantitative estimate of drug-likeness (QED) is 0.370. The monoisotopic (exact) mass is 92.0 g/mol. The van der Waals surface area contributed by atoms with Crippen molar-refractivity contribution in [3.8, 4) is 0 Å². The molecule has 0 atom stereocenters. The van der Waals surface area contributed by atoms with Crippen molar-refractivity contribution in [3.05, 3.63) is 0 Å². The van der Waals surface area contributed by atoms with Crippen molar-refractivity contribution in [2.45, 2.75) is 0 Å². The van der Waals surface area contributed by atoms with E-state index >= 15 is 0 Å². The SMILES string of the molecule is CO.CO.[Si]. The fourth-order valence-electron chi connectivity index (χ4n) is 0. The fourth-order valence-corrected chi connectivity index (χ4v) is 0. The molecule has 0 bridgehead atoms. The first-order chi connectivity index (χ1) is 2.00. The lowest BCUT2D eigenvalue weighted by Gasteiger charge is -1.21. The Morgan fingerprint density at radius 3 is 0.800 bits per heavy atom. The molecule has 5 heavy (non-hydrogen) atoms. The molecule has 0 aromatic carbocycles. The zero-order chi connectivity index (χ0) is 4.00. The van der Waals surface area contributed by atoms with Crippen LogP contribution in [0.2, 0.25) is 0 Å². The lowest BCUT2D eigenvalue weighted by Crippen LogP contribution is -1.25. The minimum atomic E-state index is 0. The topological polar surface area (TPSA) is 40.5 Å². The number of hydrogen-bond acceptors (Lipinski definition) is 2. The molecule has 0 aliphatic rings. The fraction of sp³-hybridized carbons (Fsp3) is 1.00. The Bertz CT molecular complexity index is 7.61. The summed E-state index contributed by atoms with van der Waals surface area (Å²) in [4.78, 5) is 0. The van der Waals surface area contributed by atoms with Crippen LogP contribution < -0.4 is 0 Å². The van der Waals surface area contributed by atoms with Crippen molar-refractivity contribution in [1.29, 1.82) is 0 Å². The molecule has 32 valence electrons. The average Bonchev–Trinajstić information content (AvgIpc) is 1.50. The van der Waals surface area contributed by atoms with Gasteiger partial charge in [-0.05, 0) is 0 Å². The van der Waals surface area contributed by atoms with Gasteiger partial charge in [0.2, 0.25) is 0 Å². The van der Waals surface area contributed by atoms with Crippen LogP contribution in [0.15, 0.2) is 0 Å². The predicted octanol–water partition coefficient (Wildman–Crippen LogP) is -1.16. The van der Waals surface area contributed by atoms with Crippen molar-refractivity contribution in [3.63, 3.8) is 0 Å². The molecular formula is C2H8O2Si. The summed E-state index contributed by atoms with van der Waals surface area (Å²) in [5, 5.41) is 14.0. The smallest absolute Gasteiger partial charge is 0.0319 e. The van der Waals surface area contributed by atoms with Gasteiger partial charge in [-0.15, -0.1) is 0 Å². The summed E-state index contributed by atoms with van der Waals surface area (Å²) in [6.45, 7) is 0. The molecule has 0 rings (SSSR count). The molecule has 2 nitrogen and oxygen atoms in total. The van der Waals surface area contributed by atoms with E-state index in [9.17, 15) is 0 Å². The number of aliphatic hydroxyl groups is 2. The minimum Gasteiger partial charge on any atom is -0.400 e. The molecule has 0 aliphatic carbocycles. The lowest BCUT2D eigenvalue weighted by atomic mass is 11.8. The standard InChI is InChI=1S/2CH4O.Si/c2*1-2;/h2*2H,1H3;. The summed E-state index contributed by atoms with van der Waals surface area (Å²) in [6.07, 6.45) is 0. The van der Waals surface area contributed by atoms with Gasteiger partial charge in [0.25, 0.3) is 0 Å². The number of aliphatic hydroxyl groups excluding tert-OH is 2. The van der Waals surface area contributed by atoms with Crippen molar-refractivity contribution in [2.75, 3.05) is 14.2 Å². The largest absolute Gasteiger partial charge is 0.400 e. The Labute approximate surface area is 36.5 Å². The molecule has 0 amide bonds. The zero-order valence-corrected chi connectivity index (χ0v) is 4.39. The van der Waals surface area contributed by atoms with Gasteiger partial charge in [0.15, 0.2) is 0 Å². The van der Waals surface area contributed by atoms with E-state index < -0.39 is 0 Å². The van der Waals surface area contributed by atoms with E-state index in [1.54, 1.807) is 0 Å². The van der Waals surface area contributed by atoms with Crippen LogP contribution >= 0.6 is 0 Å². The van der Waals surface area contributed by atoms with Gasteiger partial charge in [0.1, 0.15) is 0 Å². The first kappa shape index (κ1) is 19.3. The molecule has 0 saturated heterocycles. The first-order valence-electron chi connectivity index (χ1n) is 0.894. The minimum absolute atomic E-state index is 0. The summed E-state index contributed by atoms with van der Waals surface area (Å²) in [5.74, 6) is 0. The van der Waals surface area contributed by atoms with Gasteiger partial charge in [-0.3, -0.25) is 0 Å². The highest BCUT2D eigenvalue weighted by molar-refractivity contribution is 5.75. The van der Waals surface area contributed by atoms with E-state index in [-0.39, 0.29) is 11.0 Å². The molecule has 3 heteroatoms. The highest BCUT2D eigenvalue weighted by Crippen LogP contribution is 0.757. The third-order valence-electron chi connectivity index (χ3n) is 0. The summed E-state index contributed by atoms with van der Waals surface area (Å²) >= 11 is 0. The van der Waals surface area contributed by atoms with Gasteiger partial charge >= 0.3 is 0 Å². The maximum Gasteiger partial charge on any atom is 0.0319 e. The van der Waals surface area contributed by atoms with Crippen LogP contribution in [0.1, 0.15) is 0 Å². The summed E-state index contributed by atoms with van der Waals surface area (Å²) in [5.41, 5.74) is 0. The molecule has 0 aromatic rings. The molecule has 0 spiro atoms. The Hall–Kier alpha value is 0.137. The Morgan fingerprint density at radius 2 is 0.800 bits per heavy atom. The molecular weight excluding hydrogens is 84.1 g/mol. The van der Waals surface area contributed by atoms with Crippen LogP contribution in [-0.2, 0) is 0 Å². The van der Waals surface area contributed by atoms with Crippen molar-refractivity contribution >= 4 is 11.0 Å². The van der Waals surface area contributed by atoms with Gasteiger partial charge < -0.3 is 10.2 Å². The first-order valence-corrected chi connectivity index (χ1v) is 0.894. The maximum atomic E-state index is 7.00. The van der Waals surface area contributed by atoms with E-state index in [4.69, 9.17) is 10.2 Å². The van der Waals surface area contributed by atoms with Crippen LogP contribution in [0, 0.1) is 0 Å². The summed E-state index contributed by atoms with van der Waals surface area (Å²) in [6, 6.07) is 0. The Kier molecular flexibility index (Phi) is 8370. The van der Waals surface area contributed by atoms with Gasteiger partial charge in [-0.2, -0.15) is 0 Å². The van der Waals surface area contributed by atoms with Crippen LogP contribution in [0.4, 0.5) is 0 Å². The average molecular weight is 92.2 g/mol. The highest BCUT2D eigenvalue weighted by Gasteiger charge is 0.841. The highest BCUT2D eigenvalue weighted by atomic mass is 28.1. The molecule has 0 saturated carbocycles. The van der Waals surface area contributed by atoms with E-state index in [0.29, 0.717) is 0 Å². The van der Waals surface area contributed by atoms with Crippen LogP contribution in [-0.4, -0.2) is 35.4 Å². The van der Waals surface area contributed by atoms with Crippen LogP contribution in [0.5, 0.6) is 0 Å². The Morgan fingerprint density at radius 1 is 0.800 bits per heavy atom. The summed E-state index contributed by atoms with van der Waals surface area (Å²) < 4.78 is 0. The maximum absolute atomic E-state index is 7.00. The summed E-state index contributed by atoms with van der Waals surface area (Å²) in [7, 11) is 2.00. The molecule has 0 aliphatic heterocycles. The van der Waals surface area contributed by atoms with Gasteiger partial charge in [0, 0.05) is 25.2 Å². The lowest BCUT2D eigenvalue weighted by molar-refractivity contribution is 0.399. The normalized spacial score (nSPS) is 2.40. The molecule has 0 aromatic heterocycles. The molecule has 4 radical (unpaired) electrons. The van der Waals surface area contributed by atoms with E-state index in [1.165, 1.54) is 0 Å². The van der Waals surface area contributed by atoms with Gasteiger partial charge in [-0.25, -0.2) is 0 Å². The van der Waals surface area contributed by atoms with Crippen LogP contribution in [0.25, 0.3) is 0 Å². The van der Waals surface area contributed by atoms with Crippen molar-refractivity contribution < 1.29 is 10.2 Å². The predicted molar refractivity (Wildman–Crippen MR) is 22.0 cm³/mol. The molecule has 0 fully saturated rings.